The molecular weight excluding hydrogens is 262 g/mol. The van der Waals surface area contributed by atoms with Gasteiger partial charge in [-0.05, 0) is 0 Å². The van der Waals surface area contributed by atoms with E-state index in [0.29, 0.717) is 0 Å². The predicted molar refractivity (Wildman–Crippen MR) is 64.0 cm³/mol. The lowest BCUT2D eigenvalue weighted by molar-refractivity contribution is -0.132. The van der Waals surface area contributed by atoms with E-state index >= 15 is 0 Å². The highest BCUT2D eigenvalue weighted by Gasteiger charge is 1.85. The first-order chi connectivity index (χ1) is 8.72. The van der Waals surface area contributed by atoms with E-state index in [1.165, 1.54) is 0 Å². The molecule has 0 saturated carbocycles. The number of carbonyl (C=O) groups is 2. The molecule has 1 heterocycles. The fourth-order valence-electron chi connectivity index (χ4n) is 0.403. The molecule has 104 valence electrons. The molecule has 10 nitrogen and oxygen atoms in total. The number of nitrogens with one attached hydrogen (secondary N) is 3. The Morgan fingerprint density at radius 2 is 0.947 bits per heavy atom. The number of hydrogen-bond acceptors (Lipinski definition) is 5. The lowest BCUT2D eigenvalue weighted by Crippen LogP contribution is -2.34. The van der Waals surface area contributed by atoms with Crippen LogP contribution in [0.2, 0.25) is 0 Å². The maximum atomic E-state index is 10.2. The normalized spacial score (nSPS) is 7.79. The van der Waals surface area contributed by atoms with Gasteiger partial charge in [-0.1, -0.05) is 13.2 Å². The van der Waals surface area contributed by atoms with Crippen molar-refractivity contribution in [2.45, 2.75) is 0 Å². The third kappa shape index (κ3) is 14.8. The van der Waals surface area contributed by atoms with Crippen LogP contribution in [0.15, 0.2) is 39.7 Å². The average molecular weight is 273 g/mol. The van der Waals surface area contributed by atoms with Gasteiger partial charge in [0.05, 0.1) is 0 Å². The average Bonchev–Trinajstić information content (AvgIpc) is 2.28. The van der Waals surface area contributed by atoms with Gasteiger partial charge in [-0.2, -0.15) is 0 Å². The molecule has 0 fully saturated rings. The molecule has 1 rings (SSSR count). The molecule has 10 heteroatoms. The zero-order valence-corrected chi connectivity index (χ0v) is 9.50. The zero-order chi connectivity index (χ0) is 15.4. The second kappa shape index (κ2) is 10.0. The van der Waals surface area contributed by atoms with Crippen molar-refractivity contribution in [2.24, 2.45) is 0 Å². The summed E-state index contributed by atoms with van der Waals surface area (Å²) in [6, 6.07) is 0. The van der Waals surface area contributed by atoms with E-state index in [2.05, 4.69) is 13.2 Å². The van der Waals surface area contributed by atoms with Crippen LogP contribution < -0.4 is 17.1 Å². The van der Waals surface area contributed by atoms with Gasteiger partial charge in [0.25, 0.3) is 0 Å². The summed E-state index contributed by atoms with van der Waals surface area (Å²) in [7, 11) is 0. The fraction of sp³-hybridized carbons (Fsp3) is 0. The lowest BCUT2D eigenvalue weighted by Gasteiger charge is -1.77. The molecular formula is C9H11N3O7. The van der Waals surface area contributed by atoms with E-state index in [1.807, 2.05) is 0 Å². The van der Waals surface area contributed by atoms with Gasteiger partial charge in [-0.3, -0.25) is 15.0 Å². The van der Waals surface area contributed by atoms with Crippen molar-refractivity contribution in [1.82, 2.24) is 15.0 Å². The number of rotatable bonds is 2. The molecule has 0 aromatic carbocycles. The van der Waals surface area contributed by atoms with Crippen LogP contribution in [0, 0.1) is 0 Å². The molecule has 19 heavy (non-hydrogen) atoms. The van der Waals surface area contributed by atoms with Crippen molar-refractivity contribution in [3.05, 3.63) is 56.8 Å². The minimum absolute atomic E-state index is 0.802. The summed E-state index contributed by atoms with van der Waals surface area (Å²) in [5.74, 6) is -1.96. The Balaban J connectivity index is 0. The molecule has 1 aromatic heterocycles. The van der Waals surface area contributed by atoms with Crippen molar-refractivity contribution < 1.29 is 19.8 Å². The van der Waals surface area contributed by atoms with E-state index in [1.54, 1.807) is 15.0 Å². The Morgan fingerprint density at radius 1 is 0.789 bits per heavy atom. The maximum absolute atomic E-state index is 10.2. The molecule has 5 N–H and O–H groups in total. The largest absolute Gasteiger partial charge is 0.478 e. The number of hydrogen-bond donors (Lipinski definition) is 5. The van der Waals surface area contributed by atoms with Crippen molar-refractivity contribution in [2.75, 3.05) is 0 Å². The highest BCUT2D eigenvalue weighted by Crippen LogP contribution is 1.55. The molecule has 0 aliphatic heterocycles. The Labute approximate surface area is 104 Å². The number of carboxylic acid groups (broad SMARTS) is 2. The molecule has 0 radical (unpaired) electrons. The first-order valence-electron chi connectivity index (χ1n) is 4.36. The van der Waals surface area contributed by atoms with E-state index in [9.17, 15) is 24.0 Å². The Hall–Kier alpha value is -3.17. The van der Waals surface area contributed by atoms with Crippen LogP contribution >= 0.6 is 0 Å². The van der Waals surface area contributed by atoms with Gasteiger partial charge in [0, 0.05) is 12.2 Å². The molecule has 0 bridgehead atoms. The zero-order valence-electron chi connectivity index (χ0n) is 9.50. The monoisotopic (exact) mass is 273 g/mol. The summed E-state index contributed by atoms with van der Waals surface area (Å²) in [4.78, 5) is 54.4. The second-order valence-corrected chi connectivity index (χ2v) is 2.45. The minimum atomic E-state index is -0.981. The summed E-state index contributed by atoms with van der Waals surface area (Å²) >= 11 is 0. The highest BCUT2D eigenvalue weighted by atomic mass is 16.4. The summed E-state index contributed by atoms with van der Waals surface area (Å²) < 4.78 is 0. The molecule has 1 aromatic rings. The van der Waals surface area contributed by atoms with Gasteiger partial charge < -0.3 is 10.2 Å². The van der Waals surface area contributed by atoms with Crippen LogP contribution in [0.3, 0.4) is 0 Å². The van der Waals surface area contributed by atoms with E-state index in [0.717, 1.165) is 12.2 Å². The number of aromatic amines is 3. The van der Waals surface area contributed by atoms with Gasteiger partial charge >= 0.3 is 29.0 Å². The van der Waals surface area contributed by atoms with E-state index in [4.69, 9.17) is 10.2 Å². The standard InChI is InChI=1S/C3H3N3O3.2C3H4O2/c7-1-4-2(8)6-3(9)5-1;2*1-2-3(4)5/h(H3,4,5,6,7,8,9);2*2H,1H2,(H,4,5). The van der Waals surface area contributed by atoms with Crippen LogP contribution in [0.5, 0.6) is 0 Å². The third-order valence-electron chi connectivity index (χ3n) is 1.03. The van der Waals surface area contributed by atoms with Crippen LogP contribution in [0.1, 0.15) is 0 Å². The first kappa shape index (κ1) is 18.2. The second-order valence-electron chi connectivity index (χ2n) is 2.45. The molecule has 0 aliphatic rings. The quantitative estimate of drug-likeness (QED) is 0.398. The van der Waals surface area contributed by atoms with E-state index in [-0.39, 0.29) is 0 Å². The highest BCUT2D eigenvalue weighted by molar-refractivity contribution is 5.79. The maximum Gasteiger partial charge on any atom is 0.330 e. The number of H-pyrrole nitrogens is 3. The van der Waals surface area contributed by atoms with Gasteiger partial charge in [-0.25, -0.2) is 24.0 Å². The minimum Gasteiger partial charge on any atom is -0.478 e. The van der Waals surface area contributed by atoms with E-state index < -0.39 is 29.0 Å². The Morgan fingerprint density at radius 3 is 1.05 bits per heavy atom. The summed E-state index contributed by atoms with van der Waals surface area (Å²) in [5, 5.41) is 15.2. The van der Waals surface area contributed by atoms with Gasteiger partial charge in [0.1, 0.15) is 0 Å². The van der Waals surface area contributed by atoms with Crippen LogP contribution in [-0.2, 0) is 9.59 Å². The van der Waals surface area contributed by atoms with Crippen molar-refractivity contribution >= 4 is 11.9 Å². The van der Waals surface area contributed by atoms with Crippen molar-refractivity contribution in [3.8, 4) is 0 Å². The first-order valence-corrected chi connectivity index (χ1v) is 4.36. The third-order valence-corrected chi connectivity index (χ3v) is 1.03. The summed E-state index contributed by atoms with van der Waals surface area (Å²) in [5.41, 5.74) is -2.41. The molecule has 0 unspecified atom stereocenters. The van der Waals surface area contributed by atoms with Gasteiger partial charge in [0.15, 0.2) is 0 Å². The topological polar surface area (TPSA) is 173 Å². The molecule has 0 atom stereocenters. The molecule has 0 amide bonds. The lowest BCUT2D eigenvalue weighted by atomic mass is 10.7. The van der Waals surface area contributed by atoms with Crippen molar-refractivity contribution in [3.63, 3.8) is 0 Å². The SMILES string of the molecule is C=CC(=O)O.C=CC(=O)O.O=c1[nH]c(=O)[nH]c(=O)[nH]1. The number of carboxylic acids is 2. The number of aromatic nitrogens is 3. The predicted octanol–water partition coefficient (Wildman–Crippen LogP) is -1.73. The molecule has 0 spiro atoms. The van der Waals surface area contributed by atoms with Crippen LogP contribution in [0.4, 0.5) is 0 Å². The fourth-order valence-corrected chi connectivity index (χ4v) is 0.403. The summed E-state index contributed by atoms with van der Waals surface area (Å²) in [6.07, 6.45) is 1.67. The van der Waals surface area contributed by atoms with Gasteiger partial charge in [-0.15, -0.1) is 0 Å². The van der Waals surface area contributed by atoms with Crippen LogP contribution in [-0.4, -0.2) is 37.1 Å². The van der Waals surface area contributed by atoms with Crippen LogP contribution in [0.25, 0.3) is 0 Å². The molecule has 0 aliphatic carbocycles. The van der Waals surface area contributed by atoms with Gasteiger partial charge in [0.2, 0.25) is 0 Å². The van der Waals surface area contributed by atoms with Crippen molar-refractivity contribution in [1.29, 1.82) is 0 Å². The number of aliphatic carboxylic acids is 2. The Bertz CT molecular complexity index is 510. The summed E-state index contributed by atoms with van der Waals surface area (Å²) in [6.45, 7) is 5.92. The molecule has 0 saturated heterocycles. The Kier molecular flexibility index (Phi) is 9.59. The smallest absolute Gasteiger partial charge is 0.330 e.